The van der Waals surface area contributed by atoms with Gasteiger partial charge in [-0.1, -0.05) is 18.1 Å². The van der Waals surface area contributed by atoms with Crippen molar-refractivity contribution in [3.05, 3.63) is 11.6 Å². The van der Waals surface area contributed by atoms with Crippen LogP contribution in [-0.2, 0) is 9.84 Å². The monoisotopic (exact) mass is 229 g/mol. The molecule has 0 radical (unpaired) electrons. The smallest absolute Gasteiger partial charge is 0.155 e. The van der Waals surface area contributed by atoms with Gasteiger partial charge in [-0.25, -0.2) is 8.42 Å². The van der Waals surface area contributed by atoms with Gasteiger partial charge in [-0.15, -0.1) is 0 Å². The lowest BCUT2D eigenvalue weighted by Crippen LogP contribution is -2.44. The molecule has 0 aromatic rings. The van der Waals surface area contributed by atoms with Gasteiger partial charge in [0, 0.05) is 6.04 Å². The van der Waals surface area contributed by atoms with Crippen LogP contribution in [0.15, 0.2) is 11.6 Å². The molecular formula is C11H19NO2S. The minimum Gasteiger partial charge on any atom is -0.323 e. The average Bonchev–Trinajstić information content (AvgIpc) is 2.69. The molecule has 0 aromatic heterocycles. The van der Waals surface area contributed by atoms with Crippen LogP contribution >= 0.6 is 0 Å². The molecule has 86 valence electrons. The van der Waals surface area contributed by atoms with E-state index in [0.717, 1.165) is 38.5 Å². The molecule has 2 atom stereocenters. The Morgan fingerprint density at radius 3 is 2.73 bits per heavy atom. The Hall–Kier alpha value is -0.350. The molecule has 1 aliphatic carbocycles. The van der Waals surface area contributed by atoms with Crippen molar-refractivity contribution < 1.29 is 8.42 Å². The predicted molar refractivity (Wildman–Crippen MR) is 61.3 cm³/mol. The molecule has 3 nitrogen and oxygen atoms in total. The molecule has 0 spiro atoms. The summed E-state index contributed by atoms with van der Waals surface area (Å²) in [5.74, 6) is 0.332. The van der Waals surface area contributed by atoms with E-state index in [4.69, 9.17) is 5.73 Å². The lowest BCUT2D eigenvalue weighted by atomic mass is 10.00. The van der Waals surface area contributed by atoms with Gasteiger partial charge in [0.2, 0.25) is 0 Å². The Morgan fingerprint density at radius 2 is 2.13 bits per heavy atom. The lowest BCUT2D eigenvalue weighted by molar-refractivity contribution is 0.514. The van der Waals surface area contributed by atoms with Crippen LogP contribution in [0.4, 0.5) is 0 Å². The van der Waals surface area contributed by atoms with E-state index in [0.29, 0.717) is 5.75 Å². The van der Waals surface area contributed by atoms with Gasteiger partial charge in [-0.05, 0) is 32.1 Å². The number of allylic oxidation sites excluding steroid dienone is 1. The number of sulfone groups is 1. The first-order valence-corrected chi connectivity index (χ1v) is 7.49. The van der Waals surface area contributed by atoms with Crippen LogP contribution in [0.3, 0.4) is 0 Å². The first-order valence-electron chi connectivity index (χ1n) is 5.77. The summed E-state index contributed by atoms with van der Waals surface area (Å²) in [5.41, 5.74) is 7.25. The van der Waals surface area contributed by atoms with Crippen molar-refractivity contribution >= 4 is 9.84 Å². The van der Waals surface area contributed by atoms with Crippen molar-refractivity contribution in [2.24, 2.45) is 5.73 Å². The number of rotatable bonds is 2. The summed E-state index contributed by atoms with van der Waals surface area (Å²) >= 11 is 0. The minimum absolute atomic E-state index is 0.238. The van der Waals surface area contributed by atoms with Crippen molar-refractivity contribution in [1.82, 2.24) is 0 Å². The van der Waals surface area contributed by atoms with Crippen molar-refractivity contribution in [3.63, 3.8) is 0 Å². The zero-order chi connectivity index (χ0) is 10.9. The molecule has 0 aromatic carbocycles. The fourth-order valence-corrected chi connectivity index (χ4v) is 4.68. The summed E-state index contributed by atoms with van der Waals surface area (Å²) in [4.78, 5) is 0. The summed E-state index contributed by atoms with van der Waals surface area (Å²) in [7, 11) is -2.93. The first kappa shape index (κ1) is 11.1. The summed E-state index contributed by atoms with van der Waals surface area (Å²) in [5, 5.41) is -0.310. The van der Waals surface area contributed by atoms with E-state index in [1.807, 2.05) is 0 Å². The molecule has 1 saturated heterocycles. The van der Waals surface area contributed by atoms with Gasteiger partial charge in [-0.2, -0.15) is 0 Å². The Labute approximate surface area is 91.7 Å². The van der Waals surface area contributed by atoms with E-state index >= 15 is 0 Å². The summed E-state index contributed by atoms with van der Waals surface area (Å²) in [6, 6.07) is -0.238. The van der Waals surface area contributed by atoms with Crippen LogP contribution in [0.1, 0.15) is 38.5 Å². The van der Waals surface area contributed by atoms with Crippen LogP contribution in [0.2, 0.25) is 0 Å². The highest BCUT2D eigenvalue weighted by molar-refractivity contribution is 7.92. The zero-order valence-corrected chi connectivity index (χ0v) is 9.80. The number of hydrogen-bond acceptors (Lipinski definition) is 3. The van der Waals surface area contributed by atoms with E-state index in [-0.39, 0.29) is 11.3 Å². The Kier molecular flexibility index (Phi) is 3.16. The van der Waals surface area contributed by atoms with Crippen LogP contribution < -0.4 is 5.73 Å². The second kappa shape index (κ2) is 4.26. The van der Waals surface area contributed by atoms with E-state index in [2.05, 4.69) is 6.08 Å². The molecule has 2 N–H and O–H groups in total. The fraction of sp³-hybridized carbons (Fsp3) is 0.818. The molecule has 0 saturated carbocycles. The summed E-state index contributed by atoms with van der Waals surface area (Å²) in [6.45, 7) is 0. The molecule has 2 aliphatic rings. The second-order valence-electron chi connectivity index (χ2n) is 4.60. The van der Waals surface area contributed by atoms with E-state index < -0.39 is 9.84 Å². The van der Waals surface area contributed by atoms with E-state index in [1.54, 1.807) is 0 Å². The summed E-state index contributed by atoms with van der Waals surface area (Å²) < 4.78 is 23.7. The van der Waals surface area contributed by atoms with Gasteiger partial charge in [0.15, 0.2) is 9.84 Å². The maximum atomic E-state index is 11.9. The number of nitrogens with two attached hydrogens (primary N) is 1. The highest BCUT2D eigenvalue weighted by atomic mass is 32.2. The third-order valence-electron chi connectivity index (χ3n) is 3.53. The van der Waals surface area contributed by atoms with E-state index in [1.165, 1.54) is 5.57 Å². The van der Waals surface area contributed by atoms with Gasteiger partial charge in [0.25, 0.3) is 0 Å². The van der Waals surface area contributed by atoms with Crippen LogP contribution in [0, 0.1) is 0 Å². The summed E-state index contributed by atoms with van der Waals surface area (Å²) in [6.07, 6.45) is 7.89. The van der Waals surface area contributed by atoms with Crippen LogP contribution in [0.5, 0.6) is 0 Å². The Bertz CT molecular complexity index is 359. The van der Waals surface area contributed by atoms with Gasteiger partial charge in [0.05, 0.1) is 11.0 Å². The highest BCUT2D eigenvalue weighted by Crippen LogP contribution is 2.29. The first-order chi connectivity index (χ1) is 7.11. The molecule has 4 heteroatoms. The minimum atomic E-state index is -2.93. The van der Waals surface area contributed by atoms with Crippen molar-refractivity contribution in [1.29, 1.82) is 0 Å². The second-order valence-corrected chi connectivity index (χ2v) is 6.94. The highest BCUT2D eigenvalue weighted by Gasteiger charge is 2.35. The molecule has 1 heterocycles. The molecule has 1 fully saturated rings. The van der Waals surface area contributed by atoms with Crippen molar-refractivity contribution in [2.75, 3.05) is 5.75 Å². The third kappa shape index (κ3) is 2.26. The Balaban J connectivity index is 2.14. The normalized spacial score (nSPS) is 32.3. The largest absolute Gasteiger partial charge is 0.323 e. The third-order valence-corrected chi connectivity index (χ3v) is 5.84. The average molecular weight is 229 g/mol. The van der Waals surface area contributed by atoms with Crippen molar-refractivity contribution in [3.8, 4) is 0 Å². The molecule has 15 heavy (non-hydrogen) atoms. The molecule has 1 aliphatic heterocycles. The molecule has 0 bridgehead atoms. The maximum Gasteiger partial charge on any atom is 0.155 e. The van der Waals surface area contributed by atoms with Crippen LogP contribution in [0.25, 0.3) is 0 Å². The Morgan fingerprint density at radius 1 is 1.33 bits per heavy atom. The van der Waals surface area contributed by atoms with Gasteiger partial charge in [0.1, 0.15) is 0 Å². The lowest BCUT2D eigenvalue weighted by Gasteiger charge is -2.28. The van der Waals surface area contributed by atoms with Crippen molar-refractivity contribution in [2.45, 2.75) is 49.8 Å². The van der Waals surface area contributed by atoms with Gasteiger partial charge < -0.3 is 5.73 Å². The maximum absolute atomic E-state index is 11.9. The van der Waals surface area contributed by atoms with E-state index in [9.17, 15) is 8.42 Å². The molecule has 2 unspecified atom stereocenters. The molecular weight excluding hydrogens is 210 g/mol. The quantitative estimate of drug-likeness (QED) is 0.728. The topological polar surface area (TPSA) is 60.2 Å². The van der Waals surface area contributed by atoms with Gasteiger partial charge >= 0.3 is 0 Å². The predicted octanol–water partition coefficient (Wildman–Crippen LogP) is 1.39. The zero-order valence-electron chi connectivity index (χ0n) is 8.98. The molecule has 0 amide bonds. The SMILES string of the molecule is NC(C1=CCCC1)C1CCCCS1(=O)=O. The number of hydrogen-bond donors (Lipinski definition) is 1. The van der Waals surface area contributed by atoms with Crippen LogP contribution in [-0.4, -0.2) is 25.5 Å². The standard InChI is InChI=1S/C11H19NO2S/c12-11(9-5-1-2-6-9)10-7-3-4-8-15(10,13)14/h5,10-11H,1-4,6-8,12H2. The fourth-order valence-electron chi connectivity index (χ4n) is 2.62. The molecule has 2 rings (SSSR count). The van der Waals surface area contributed by atoms with Gasteiger partial charge in [-0.3, -0.25) is 0 Å².